The molecule has 0 saturated heterocycles. The van der Waals surface area contributed by atoms with Gasteiger partial charge in [-0.3, -0.25) is 14.4 Å². The first-order chi connectivity index (χ1) is 16.5. The molecule has 2 aliphatic rings. The van der Waals surface area contributed by atoms with Crippen molar-refractivity contribution < 1.29 is 28.2 Å². The van der Waals surface area contributed by atoms with Gasteiger partial charge in [-0.15, -0.1) is 0 Å². The number of esters is 1. The van der Waals surface area contributed by atoms with Crippen molar-refractivity contribution in [1.29, 1.82) is 0 Å². The highest BCUT2D eigenvalue weighted by molar-refractivity contribution is 6.15. The van der Waals surface area contributed by atoms with E-state index in [0.29, 0.717) is 33.7 Å². The Morgan fingerprint density at radius 3 is 2.74 bits per heavy atom. The molecule has 0 bridgehead atoms. The highest BCUT2D eigenvalue weighted by Crippen LogP contribution is 2.48. The number of aromatic amines is 1. The number of hydrogen-bond donors (Lipinski definition) is 1. The molecule has 0 radical (unpaired) electrons. The monoisotopic (exact) mass is 455 g/mol. The van der Waals surface area contributed by atoms with E-state index in [1.807, 2.05) is 0 Å². The summed E-state index contributed by atoms with van der Waals surface area (Å²) in [5.41, 5.74) is 1.49. The van der Waals surface area contributed by atoms with E-state index >= 15 is 0 Å². The Balaban J connectivity index is 1.52. The Morgan fingerprint density at radius 1 is 1.06 bits per heavy atom. The van der Waals surface area contributed by atoms with Crippen LogP contribution in [0.25, 0.3) is 17.0 Å². The van der Waals surface area contributed by atoms with Gasteiger partial charge in [-0.2, -0.15) is 0 Å². The van der Waals surface area contributed by atoms with Crippen molar-refractivity contribution >= 4 is 28.7 Å². The fourth-order valence-corrected chi connectivity index (χ4v) is 4.46. The number of allylic oxidation sites excluding steroid dienone is 1. The van der Waals surface area contributed by atoms with E-state index < -0.39 is 11.9 Å². The number of carbonyl (C=O) groups is 2. The van der Waals surface area contributed by atoms with Crippen molar-refractivity contribution in [3.63, 3.8) is 0 Å². The molecular weight excluding hydrogens is 438 g/mol. The second-order valence-corrected chi connectivity index (χ2v) is 8.05. The Morgan fingerprint density at radius 2 is 1.94 bits per heavy atom. The van der Waals surface area contributed by atoms with Crippen molar-refractivity contribution in [2.45, 2.75) is 12.3 Å². The summed E-state index contributed by atoms with van der Waals surface area (Å²) in [4.78, 5) is 41.4. The van der Waals surface area contributed by atoms with Crippen molar-refractivity contribution in [2.24, 2.45) is 0 Å². The molecule has 1 atom stereocenters. The highest BCUT2D eigenvalue weighted by Gasteiger charge is 2.39. The molecule has 4 heterocycles. The normalized spacial score (nSPS) is 17.9. The van der Waals surface area contributed by atoms with Gasteiger partial charge in [0.05, 0.1) is 25.4 Å². The Bertz CT molecular complexity index is 1580. The van der Waals surface area contributed by atoms with Crippen LogP contribution in [0.1, 0.15) is 39.6 Å². The van der Waals surface area contributed by atoms with Crippen LogP contribution in [0.2, 0.25) is 0 Å². The molecule has 1 N–H and O–H groups in total. The topological polar surface area (TPSA) is 108 Å². The number of aromatic nitrogens is 1. The number of fused-ring (bicyclic) bond motifs is 4. The van der Waals surface area contributed by atoms with Crippen LogP contribution in [-0.2, 0) is 4.79 Å². The molecule has 6 rings (SSSR count). The molecule has 8 nitrogen and oxygen atoms in total. The molecule has 0 aliphatic carbocycles. The maximum absolute atomic E-state index is 13.1. The smallest absolute Gasteiger partial charge is 0.312 e. The number of H-pyrrole nitrogens is 1. The van der Waals surface area contributed by atoms with Crippen molar-refractivity contribution in [3.8, 4) is 17.2 Å². The van der Waals surface area contributed by atoms with Gasteiger partial charge in [0.25, 0.3) is 5.56 Å². The van der Waals surface area contributed by atoms with Crippen LogP contribution >= 0.6 is 0 Å². The average Bonchev–Trinajstić information content (AvgIpc) is 3.46. The molecule has 2 aromatic carbocycles. The minimum absolute atomic E-state index is 0.0726. The fourth-order valence-electron chi connectivity index (χ4n) is 4.46. The minimum atomic E-state index is -0.665. The first kappa shape index (κ1) is 20.0. The van der Waals surface area contributed by atoms with E-state index in [4.69, 9.17) is 18.6 Å². The quantitative estimate of drug-likeness (QED) is 0.280. The number of benzene rings is 2. The summed E-state index contributed by atoms with van der Waals surface area (Å²) in [6.45, 7) is 0. The maximum Gasteiger partial charge on any atom is 0.312 e. The van der Waals surface area contributed by atoms with E-state index in [1.165, 1.54) is 12.3 Å². The third-order valence-corrected chi connectivity index (χ3v) is 6.05. The molecular formula is C26H17NO7. The van der Waals surface area contributed by atoms with Crippen LogP contribution in [0.4, 0.5) is 0 Å². The summed E-state index contributed by atoms with van der Waals surface area (Å²) in [6.07, 6.45) is 2.93. The van der Waals surface area contributed by atoms with Crippen molar-refractivity contribution in [1.82, 2.24) is 4.98 Å². The fraction of sp³-hybridized carbons (Fsp3) is 0.115. The van der Waals surface area contributed by atoms with E-state index in [0.717, 1.165) is 5.39 Å². The van der Waals surface area contributed by atoms with Crippen LogP contribution in [-0.4, -0.2) is 23.8 Å². The molecule has 0 amide bonds. The molecule has 34 heavy (non-hydrogen) atoms. The Labute approximate surface area is 192 Å². The number of rotatable bonds is 3. The Hall–Kier alpha value is -4.59. The molecule has 0 fully saturated rings. The highest BCUT2D eigenvalue weighted by atomic mass is 16.5. The summed E-state index contributed by atoms with van der Waals surface area (Å²) in [7, 11) is 1.56. The van der Waals surface area contributed by atoms with Gasteiger partial charge < -0.3 is 23.6 Å². The largest absolute Gasteiger partial charge is 0.497 e. The van der Waals surface area contributed by atoms with Gasteiger partial charge in [-0.25, -0.2) is 0 Å². The number of nitrogens with one attached hydrogen (secondary N) is 1. The number of carbonyl (C=O) groups excluding carboxylic acids is 2. The summed E-state index contributed by atoms with van der Waals surface area (Å²) in [5.74, 6) is 0.275. The summed E-state index contributed by atoms with van der Waals surface area (Å²) >= 11 is 0. The molecule has 0 spiro atoms. The minimum Gasteiger partial charge on any atom is -0.497 e. The van der Waals surface area contributed by atoms with Crippen molar-refractivity contribution in [2.75, 3.05) is 7.11 Å². The zero-order valence-corrected chi connectivity index (χ0v) is 17.9. The molecule has 8 heteroatoms. The SMILES string of the molecule is COc1ccc2[nH]c(=O)c(C3CC(=O)Oc4ccc5c(c43)O/C(=C\c3ccco3)C5=O)cc2c1. The number of pyridine rings is 1. The van der Waals surface area contributed by atoms with Gasteiger partial charge in [0.2, 0.25) is 5.78 Å². The van der Waals surface area contributed by atoms with Gasteiger partial charge in [0.15, 0.2) is 5.76 Å². The summed E-state index contributed by atoms with van der Waals surface area (Å²) < 4.78 is 22.0. The Kier molecular flexibility index (Phi) is 4.41. The van der Waals surface area contributed by atoms with Crippen LogP contribution in [0.3, 0.4) is 0 Å². The number of Topliss-reactive ketones (excluding diaryl/α,β-unsaturated/α-hetero) is 1. The van der Waals surface area contributed by atoms with E-state index in [-0.39, 0.29) is 35.0 Å². The number of methoxy groups -OCH3 is 1. The maximum atomic E-state index is 13.1. The average molecular weight is 455 g/mol. The van der Waals surface area contributed by atoms with Gasteiger partial charge in [0, 0.05) is 34.0 Å². The number of furan rings is 1. The predicted molar refractivity (Wildman–Crippen MR) is 121 cm³/mol. The standard InChI is InChI=1S/C26H17NO7/c1-31-14-4-6-19-13(9-14)10-18(26(30)27-19)17-12-22(28)33-20-7-5-16-24(29)21(34-25(16)23(17)20)11-15-3-2-8-32-15/h2-11,17H,12H2,1H3,(H,27,30)/b21-11-. The third-order valence-electron chi connectivity index (χ3n) is 6.05. The second kappa shape index (κ2) is 7.48. The van der Waals surface area contributed by atoms with Crippen LogP contribution in [0, 0.1) is 0 Å². The molecule has 1 unspecified atom stereocenters. The van der Waals surface area contributed by atoms with Crippen LogP contribution in [0.15, 0.2) is 69.8 Å². The first-order valence-corrected chi connectivity index (χ1v) is 10.6. The summed E-state index contributed by atoms with van der Waals surface area (Å²) in [5, 5.41) is 0.748. The lowest BCUT2D eigenvalue weighted by atomic mass is 9.85. The van der Waals surface area contributed by atoms with E-state index in [2.05, 4.69) is 4.98 Å². The van der Waals surface area contributed by atoms with Gasteiger partial charge in [0.1, 0.15) is 23.0 Å². The third kappa shape index (κ3) is 3.11. The van der Waals surface area contributed by atoms with Gasteiger partial charge in [-0.1, -0.05) is 0 Å². The molecule has 4 aromatic rings. The lowest BCUT2D eigenvalue weighted by molar-refractivity contribution is -0.135. The van der Waals surface area contributed by atoms with E-state index in [1.54, 1.807) is 55.6 Å². The first-order valence-electron chi connectivity index (χ1n) is 10.6. The van der Waals surface area contributed by atoms with E-state index in [9.17, 15) is 14.4 Å². The zero-order valence-electron chi connectivity index (χ0n) is 17.9. The number of hydrogen-bond acceptors (Lipinski definition) is 7. The molecule has 168 valence electrons. The van der Waals surface area contributed by atoms with Gasteiger partial charge in [-0.05, 0) is 48.5 Å². The number of ketones is 1. The lowest BCUT2D eigenvalue weighted by Crippen LogP contribution is -2.26. The molecule has 0 saturated carbocycles. The number of ether oxygens (including phenoxy) is 3. The van der Waals surface area contributed by atoms with Crippen LogP contribution < -0.4 is 19.8 Å². The summed E-state index contributed by atoms with van der Waals surface area (Å²) in [6, 6.07) is 13.6. The van der Waals surface area contributed by atoms with Crippen LogP contribution in [0.5, 0.6) is 17.2 Å². The molecule has 2 aliphatic heterocycles. The predicted octanol–water partition coefficient (Wildman–Crippen LogP) is 4.19. The van der Waals surface area contributed by atoms with Gasteiger partial charge >= 0.3 is 5.97 Å². The van der Waals surface area contributed by atoms with Crippen molar-refractivity contribution in [3.05, 3.63) is 93.4 Å². The lowest BCUT2D eigenvalue weighted by Gasteiger charge is -2.26. The second-order valence-electron chi connectivity index (χ2n) is 8.05. The molecule has 2 aromatic heterocycles. The zero-order chi connectivity index (χ0) is 23.4.